The van der Waals surface area contributed by atoms with Gasteiger partial charge in [-0.2, -0.15) is 0 Å². The Kier molecular flexibility index (Phi) is 6.60. The monoisotopic (exact) mass is 405 g/mol. The first-order chi connectivity index (χ1) is 14.8. The molecule has 0 fully saturated rings. The van der Waals surface area contributed by atoms with E-state index in [0.717, 1.165) is 41.8 Å². The number of hydrogen-bond acceptors (Lipinski definition) is 5. The van der Waals surface area contributed by atoms with Gasteiger partial charge in [0.05, 0.1) is 13.1 Å². The summed E-state index contributed by atoms with van der Waals surface area (Å²) in [5.74, 6) is 2.94. The molecule has 0 bridgehead atoms. The lowest BCUT2D eigenvalue weighted by Gasteiger charge is -2.25. The van der Waals surface area contributed by atoms with Gasteiger partial charge in [0.1, 0.15) is 26.4 Å². The number of anilines is 1. The first-order valence-corrected chi connectivity index (χ1v) is 10.3. The first kappa shape index (κ1) is 20.0. The number of nitrogens with zero attached hydrogens (tertiary/aromatic N) is 1. The Morgan fingerprint density at radius 2 is 0.933 bits per heavy atom. The number of para-hydroxylation sites is 4. The third kappa shape index (κ3) is 5.17. The molecule has 30 heavy (non-hydrogen) atoms. The van der Waals surface area contributed by atoms with Crippen LogP contribution in [0.2, 0.25) is 0 Å². The molecule has 0 amide bonds. The van der Waals surface area contributed by atoms with Gasteiger partial charge in [0.25, 0.3) is 0 Å². The first-order valence-electron chi connectivity index (χ1n) is 10.3. The van der Waals surface area contributed by atoms with Crippen molar-refractivity contribution in [3.63, 3.8) is 0 Å². The molecule has 5 nitrogen and oxygen atoms in total. The van der Waals surface area contributed by atoms with Crippen molar-refractivity contribution in [2.45, 2.75) is 6.92 Å². The molecule has 5 heteroatoms. The Labute approximate surface area is 177 Å². The topological polar surface area (TPSA) is 40.2 Å². The van der Waals surface area contributed by atoms with Crippen LogP contribution in [0.3, 0.4) is 0 Å². The average molecular weight is 405 g/mol. The lowest BCUT2D eigenvalue weighted by atomic mass is 10.2. The Bertz CT molecular complexity index is 886. The van der Waals surface area contributed by atoms with Crippen molar-refractivity contribution in [3.8, 4) is 23.0 Å². The van der Waals surface area contributed by atoms with E-state index in [2.05, 4.69) is 36.1 Å². The van der Waals surface area contributed by atoms with Crippen LogP contribution in [0.15, 0.2) is 72.8 Å². The Morgan fingerprint density at radius 3 is 1.37 bits per heavy atom. The number of rotatable bonds is 1. The minimum Gasteiger partial charge on any atom is -0.488 e. The van der Waals surface area contributed by atoms with Crippen molar-refractivity contribution in [2.24, 2.45) is 0 Å². The molecule has 1 heterocycles. The third-order valence-electron chi connectivity index (χ3n) is 4.93. The van der Waals surface area contributed by atoms with Gasteiger partial charge in [-0.05, 0) is 43.3 Å². The average Bonchev–Trinajstić information content (AvgIpc) is 2.78. The molecule has 1 aliphatic rings. The zero-order valence-corrected chi connectivity index (χ0v) is 17.3. The molecule has 156 valence electrons. The molecule has 0 spiro atoms. The lowest BCUT2D eigenvalue weighted by Crippen LogP contribution is -2.32. The summed E-state index contributed by atoms with van der Waals surface area (Å²) >= 11 is 0. The van der Waals surface area contributed by atoms with Gasteiger partial charge in [-0.3, -0.25) is 0 Å². The number of fused-ring (bicyclic) bond motifs is 2. The largest absolute Gasteiger partial charge is 0.488 e. The molecule has 0 N–H and O–H groups in total. The maximum atomic E-state index is 6.05. The maximum absolute atomic E-state index is 6.05. The minimum atomic E-state index is 0.421. The van der Waals surface area contributed by atoms with E-state index in [-0.39, 0.29) is 0 Å². The summed E-state index contributed by atoms with van der Waals surface area (Å²) in [5, 5.41) is 0. The van der Waals surface area contributed by atoms with Crippen molar-refractivity contribution in [1.29, 1.82) is 0 Å². The summed E-state index contributed by atoms with van der Waals surface area (Å²) in [4.78, 5) is 2.27. The Balaban J connectivity index is 1.55. The van der Waals surface area contributed by atoms with Crippen LogP contribution in [-0.2, 0) is 0 Å². The second-order valence-electron chi connectivity index (χ2n) is 7.11. The maximum Gasteiger partial charge on any atom is 0.161 e. The van der Waals surface area contributed by atoms with E-state index in [1.165, 1.54) is 5.56 Å². The van der Waals surface area contributed by atoms with Gasteiger partial charge in [0, 0.05) is 5.69 Å². The van der Waals surface area contributed by atoms with Gasteiger partial charge in [-0.1, -0.05) is 42.0 Å². The van der Waals surface area contributed by atoms with E-state index in [1.54, 1.807) is 0 Å². The molecule has 0 atom stereocenters. The van der Waals surface area contributed by atoms with Gasteiger partial charge in [-0.15, -0.1) is 0 Å². The number of hydrogen-bond donors (Lipinski definition) is 0. The Hall–Kier alpha value is -3.34. The summed E-state index contributed by atoms with van der Waals surface area (Å²) in [5.41, 5.74) is 2.38. The molecule has 3 aromatic rings. The van der Waals surface area contributed by atoms with E-state index in [4.69, 9.17) is 18.9 Å². The fourth-order valence-electron chi connectivity index (χ4n) is 3.34. The van der Waals surface area contributed by atoms with Crippen LogP contribution >= 0.6 is 0 Å². The standard InChI is InChI=1S/C25H27NO4/c1-20-10-12-21(13-11-20)26-14-16-27-22-6-2-4-8-24(22)29-18-19-30-25-9-5-3-7-23(25)28-17-15-26/h2-13H,14-19H2,1H3. The zero-order valence-electron chi connectivity index (χ0n) is 17.3. The quantitative estimate of drug-likeness (QED) is 0.585. The molecule has 0 saturated carbocycles. The van der Waals surface area contributed by atoms with Gasteiger partial charge in [0.15, 0.2) is 23.0 Å². The molecule has 0 aromatic heterocycles. The van der Waals surface area contributed by atoms with Crippen LogP contribution in [0.25, 0.3) is 0 Å². The second-order valence-corrected chi connectivity index (χ2v) is 7.11. The summed E-state index contributed by atoms with van der Waals surface area (Å²) in [6.45, 7) is 5.49. The van der Waals surface area contributed by atoms with Crippen molar-refractivity contribution in [1.82, 2.24) is 0 Å². The molecule has 0 aliphatic carbocycles. The van der Waals surface area contributed by atoms with Gasteiger partial charge in [-0.25, -0.2) is 0 Å². The summed E-state index contributed by atoms with van der Waals surface area (Å²) in [7, 11) is 0. The minimum absolute atomic E-state index is 0.421. The highest BCUT2D eigenvalue weighted by molar-refractivity contribution is 5.48. The second kappa shape index (κ2) is 9.92. The highest BCUT2D eigenvalue weighted by Crippen LogP contribution is 2.28. The molecule has 0 radical (unpaired) electrons. The van der Waals surface area contributed by atoms with Crippen LogP contribution in [-0.4, -0.2) is 39.5 Å². The smallest absolute Gasteiger partial charge is 0.161 e. The highest BCUT2D eigenvalue weighted by Gasteiger charge is 2.12. The van der Waals surface area contributed by atoms with Crippen LogP contribution in [0.1, 0.15) is 5.56 Å². The molecule has 1 aliphatic heterocycles. The van der Waals surface area contributed by atoms with E-state index in [9.17, 15) is 0 Å². The number of ether oxygens (including phenoxy) is 4. The lowest BCUT2D eigenvalue weighted by molar-refractivity contribution is 0.202. The normalized spacial score (nSPS) is 15.0. The van der Waals surface area contributed by atoms with Crippen LogP contribution in [0, 0.1) is 6.92 Å². The van der Waals surface area contributed by atoms with Gasteiger partial charge in [0.2, 0.25) is 0 Å². The SMILES string of the molecule is Cc1ccc(N2CCOc3ccccc3OCCOc3ccccc3OCC2)cc1. The molecule has 0 unspecified atom stereocenters. The van der Waals surface area contributed by atoms with Crippen molar-refractivity contribution >= 4 is 5.69 Å². The predicted molar refractivity (Wildman–Crippen MR) is 118 cm³/mol. The van der Waals surface area contributed by atoms with E-state index in [1.807, 2.05) is 48.5 Å². The summed E-state index contributed by atoms with van der Waals surface area (Å²) < 4.78 is 23.9. The van der Waals surface area contributed by atoms with Crippen molar-refractivity contribution < 1.29 is 18.9 Å². The van der Waals surface area contributed by atoms with Crippen LogP contribution in [0.5, 0.6) is 23.0 Å². The van der Waals surface area contributed by atoms with E-state index in [0.29, 0.717) is 26.4 Å². The summed E-state index contributed by atoms with van der Waals surface area (Å²) in [6.07, 6.45) is 0. The fourth-order valence-corrected chi connectivity index (χ4v) is 3.34. The fraction of sp³-hybridized carbons (Fsp3) is 0.280. The Morgan fingerprint density at radius 1 is 0.533 bits per heavy atom. The number of aryl methyl sites for hydroxylation is 1. The van der Waals surface area contributed by atoms with Crippen LogP contribution < -0.4 is 23.8 Å². The highest BCUT2D eigenvalue weighted by atomic mass is 16.6. The predicted octanol–water partition coefficient (Wildman–Crippen LogP) is 4.73. The zero-order chi connectivity index (χ0) is 20.6. The van der Waals surface area contributed by atoms with Crippen LogP contribution in [0.4, 0.5) is 5.69 Å². The summed E-state index contributed by atoms with van der Waals surface area (Å²) in [6, 6.07) is 24.0. The molecular weight excluding hydrogens is 378 g/mol. The van der Waals surface area contributed by atoms with E-state index < -0.39 is 0 Å². The van der Waals surface area contributed by atoms with Gasteiger partial charge < -0.3 is 23.8 Å². The molecular formula is C25H27NO4. The third-order valence-corrected chi connectivity index (χ3v) is 4.93. The molecule has 4 rings (SSSR count). The van der Waals surface area contributed by atoms with Crippen molar-refractivity contribution in [3.05, 3.63) is 78.4 Å². The molecule has 3 aromatic carbocycles. The van der Waals surface area contributed by atoms with E-state index >= 15 is 0 Å². The van der Waals surface area contributed by atoms with Crippen molar-refractivity contribution in [2.75, 3.05) is 44.4 Å². The van der Waals surface area contributed by atoms with Gasteiger partial charge >= 0.3 is 0 Å². The number of benzene rings is 3. The molecule has 0 saturated heterocycles.